The summed E-state index contributed by atoms with van der Waals surface area (Å²) in [6, 6.07) is 15.2. The van der Waals surface area contributed by atoms with Gasteiger partial charge in [-0.2, -0.15) is 0 Å². The minimum Gasteiger partial charge on any atom is -0.492 e. The van der Waals surface area contributed by atoms with E-state index in [0.717, 1.165) is 18.4 Å². The Balaban J connectivity index is 1.45. The van der Waals surface area contributed by atoms with Crippen molar-refractivity contribution in [2.24, 2.45) is 11.5 Å². The van der Waals surface area contributed by atoms with E-state index < -0.39 is 21.8 Å². The third-order valence-corrected chi connectivity index (χ3v) is 7.08. The predicted octanol–water partition coefficient (Wildman–Crippen LogP) is 1.81. The van der Waals surface area contributed by atoms with Gasteiger partial charge in [0, 0.05) is 12.1 Å². The van der Waals surface area contributed by atoms with Crippen molar-refractivity contribution in [3.8, 4) is 5.75 Å². The zero-order chi connectivity index (χ0) is 24.4. The lowest BCUT2D eigenvalue weighted by Gasteiger charge is -2.20. The van der Waals surface area contributed by atoms with Crippen LogP contribution in [0.15, 0.2) is 48.5 Å². The fourth-order valence-corrected chi connectivity index (χ4v) is 4.48. The molecule has 1 aliphatic rings. The van der Waals surface area contributed by atoms with Crippen molar-refractivity contribution in [2.45, 2.75) is 18.9 Å². The first-order chi connectivity index (χ1) is 16.4. The van der Waals surface area contributed by atoms with Crippen molar-refractivity contribution in [2.75, 3.05) is 44.5 Å². The molecule has 2 aromatic carbocycles. The molecule has 1 aliphatic carbocycles. The Morgan fingerprint density at radius 2 is 1.71 bits per heavy atom. The lowest BCUT2D eigenvalue weighted by Crippen LogP contribution is -2.39. The number of hydrogen-bond donors (Lipinski definition) is 2. The van der Waals surface area contributed by atoms with E-state index in [2.05, 4.69) is 24.3 Å². The molecule has 0 saturated heterocycles. The Kier molecular flexibility index (Phi) is 9.64. The van der Waals surface area contributed by atoms with Gasteiger partial charge in [0.2, 0.25) is 0 Å². The molecule has 3 rings (SSSR count). The molecule has 1 atom stereocenters. The van der Waals surface area contributed by atoms with Crippen LogP contribution in [-0.2, 0) is 30.5 Å². The number of carbonyl (C=O) groups is 1. The molecule has 0 fully saturated rings. The maximum atomic E-state index is 12.3. The lowest BCUT2D eigenvalue weighted by molar-refractivity contribution is -0.146. The van der Waals surface area contributed by atoms with E-state index in [4.69, 9.17) is 25.7 Å². The highest BCUT2D eigenvalue weighted by Crippen LogP contribution is 2.35. The number of sulfone groups is 1. The predicted molar refractivity (Wildman–Crippen MR) is 132 cm³/mol. The van der Waals surface area contributed by atoms with Gasteiger partial charge in [-0.1, -0.05) is 42.5 Å². The van der Waals surface area contributed by atoms with Crippen LogP contribution in [0.1, 0.15) is 23.1 Å². The third-order valence-electron chi connectivity index (χ3n) is 5.50. The summed E-state index contributed by atoms with van der Waals surface area (Å²) in [4.78, 5) is 11.4. The Labute approximate surface area is 200 Å². The molecule has 0 saturated carbocycles. The maximum absolute atomic E-state index is 12.3. The SMILES string of the molecule is NCC(N)C(=O)OCCOCCS(=O)(=O)CCOc1cccc2c1C=C(c1ccccc1)CC2. The summed E-state index contributed by atoms with van der Waals surface area (Å²) in [5, 5.41) is 0. The molecule has 1 unspecified atom stereocenters. The number of benzene rings is 2. The lowest BCUT2D eigenvalue weighted by atomic mass is 9.88. The molecule has 184 valence electrons. The Bertz CT molecular complexity index is 1090. The van der Waals surface area contributed by atoms with Crippen molar-refractivity contribution in [1.29, 1.82) is 0 Å². The summed E-state index contributed by atoms with van der Waals surface area (Å²) in [5.74, 6) is -0.174. The Morgan fingerprint density at radius 1 is 0.941 bits per heavy atom. The number of esters is 1. The summed E-state index contributed by atoms with van der Waals surface area (Å²) < 4.78 is 40.7. The topological polar surface area (TPSA) is 131 Å². The van der Waals surface area contributed by atoms with Gasteiger partial charge in [0.05, 0.1) is 24.7 Å². The van der Waals surface area contributed by atoms with Crippen molar-refractivity contribution in [3.05, 3.63) is 65.2 Å². The number of rotatable bonds is 13. The summed E-state index contributed by atoms with van der Waals surface area (Å²) in [5.41, 5.74) is 15.3. The molecule has 0 heterocycles. The number of fused-ring (bicyclic) bond motifs is 1. The largest absolute Gasteiger partial charge is 0.492 e. The quantitative estimate of drug-likeness (QED) is 0.322. The van der Waals surface area contributed by atoms with Gasteiger partial charge in [-0.05, 0) is 41.7 Å². The van der Waals surface area contributed by atoms with Crippen molar-refractivity contribution < 1.29 is 27.4 Å². The third kappa shape index (κ3) is 7.66. The van der Waals surface area contributed by atoms with Crippen LogP contribution in [0.25, 0.3) is 11.6 Å². The molecule has 8 nitrogen and oxygen atoms in total. The second-order valence-corrected chi connectivity index (χ2v) is 10.3. The summed E-state index contributed by atoms with van der Waals surface area (Å²) in [7, 11) is -3.36. The minimum atomic E-state index is -3.36. The van der Waals surface area contributed by atoms with Gasteiger partial charge < -0.3 is 25.7 Å². The van der Waals surface area contributed by atoms with Gasteiger partial charge in [-0.3, -0.25) is 4.79 Å². The summed E-state index contributed by atoms with van der Waals surface area (Å²) in [6.07, 6.45) is 4.00. The molecule has 2 aromatic rings. The normalized spacial score (nSPS) is 14.1. The van der Waals surface area contributed by atoms with E-state index in [0.29, 0.717) is 5.75 Å². The van der Waals surface area contributed by atoms with E-state index in [1.807, 2.05) is 30.3 Å². The fraction of sp³-hybridized carbons (Fsp3) is 0.400. The van der Waals surface area contributed by atoms with E-state index in [9.17, 15) is 13.2 Å². The molecule has 0 aliphatic heterocycles. The number of ether oxygens (including phenoxy) is 3. The van der Waals surface area contributed by atoms with Crippen LogP contribution in [0.2, 0.25) is 0 Å². The first-order valence-electron chi connectivity index (χ1n) is 11.3. The van der Waals surface area contributed by atoms with Gasteiger partial charge >= 0.3 is 5.97 Å². The van der Waals surface area contributed by atoms with Gasteiger partial charge in [0.25, 0.3) is 0 Å². The smallest absolute Gasteiger partial charge is 0.324 e. The van der Waals surface area contributed by atoms with E-state index in [-0.39, 0.29) is 44.5 Å². The molecular formula is C25H32N2O6S. The average Bonchev–Trinajstić information content (AvgIpc) is 2.85. The number of aryl methyl sites for hydroxylation is 1. The van der Waals surface area contributed by atoms with E-state index in [1.54, 1.807) is 0 Å². The molecule has 0 radical (unpaired) electrons. The molecule has 4 N–H and O–H groups in total. The van der Waals surface area contributed by atoms with Crippen molar-refractivity contribution in [3.63, 3.8) is 0 Å². The van der Waals surface area contributed by atoms with Crippen molar-refractivity contribution in [1.82, 2.24) is 0 Å². The van der Waals surface area contributed by atoms with Crippen LogP contribution >= 0.6 is 0 Å². The zero-order valence-corrected chi connectivity index (χ0v) is 20.0. The molecule has 0 bridgehead atoms. The fourth-order valence-electron chi connectivity index (χ4n) is 3.57. The van der Waals surface area contributed by atoms with Crippen LogP contribution < -0.4 is 16.2 Å². The number of hydrogen-bond acceptors (Lipinski definition) is 8. The van der Waals surface area contributed by atoms with Gasteiger partial charge in [0.15, 0.2) is 9.84 Å². The highest BCUT2D eigenvalue weighted by Gasteiger charge is 2.17. The summed E-state index contributed by atoms with van der Waals surface area (Å²) >= 11 is 0. The number of nitrogens with two attached hydrogens (primary N) is 2. The van der Waals surface area contributed by atoms with Gasteiger partial charge in [-0.25, -0.2) is 8.42 Å². The second-order valence-electron chi connectivity index (χ2n) is 7.99. The number of carbonyl (C=O) groups excluding carboxylic acids is 1. The van der Waals surface area contributed by atoms with Crippen LogP contribution in [0.3, 0.4) is 0 Å². The second kappa shape index (κ2) is 12.7. The van der Waals surface area contributed by atoms with Crippen LogP contribution in [0, 0.1) is 0 Å². The summed E-state index contributed by atoms with van der Waals surface area (Å²) in [6.45, 7) is 0.138. The first-order valence-corrected chi connectivity index (χ1v) is 13.1. The Morgan fingerprint density at radius 3 is 2.47 bits per heavy atom. The van der Waals surface area contributed by atoms with Crippen LogP contribution in [0.4, 0.5) is 0 Å². The van der Waals surface area contributed by atoms with Gasteiger partial charge in [0.1, 0.15) is 25.0 Å². The van der Waals surface area contributed by atoms with Crippen molar-refractivity contribution >= 4 is 27.5 Å². The molecule has 0 spiro atoms. The molecule has 0 amide bonds. The molecule has 9 heteroatoms. The first kappa shape index (κ1) is 25.9. The average molecular weight is 489 g/mol. The van der Waals surface area contributed by atoms with E-state index in [1.165, 1.54) is 16.7 Å². The number of allylic oxidation sites excluding steroid dienone is 1. The zero-order valence-electron chi connectivity index (χ0n) is 19.1. The standard InChI is InChI=1S/C25H32N2O6S/c26-18-23(27)25(28)33-12-11-31-13-15-34(29,30)16-14-32-24-8-4-7-20-9-10-21(17-22(20)24)19-5-2-1-3-6-19/h1-8,17,23H,9-16,18,26-27H2. The Hall–Kier alpha value is -2.72. The molecular weight excluding hydrogens is 456 g/mol. The molecule has 34 heavy (non-hydrogen) atoms. The maximum Gasteiger partial charge on any atom is 0.324 e. The van der Waals surface area contributed by atoms with Crippen LogP contribution in [-0.4, -0.2) is 64.9 Å². The van der Waals surface area contributed by atoms with Crippen LogP contribution in [0.5, 0.6) is 5.75 Å². The highest BCUT2D eigenvalue weighted by atomic mass is 32.2. The molecule has 0 aromatic heterocycles. The monoisotopic (exact) mass is 488 g/mol. The van der Waals surface area contributed by atoms with E-state index >= 15 is 0 Å². The minimum absolute atomic E-state index is 0.00370. The van der Waals surface area contributed by atoms with Gasteiger partial charge in [-0.15, -0.1) is 0 Å². The highest BCUT2D eigenvalue weighted by molar-refractivity contribution is 7.91.